The molecule has 0 saturated carbocycles. The van der Waals surface area contributed by atoms with Gasteiger partial charge < -0.3 is 11.1 Å². The zero-order valence-corrected chi connectivity index (χ0v) is 12.4. The first-order valence-electron chi connectivity index (χ1n) is 6.09. The van der Waals surface area contributed by atoms with Crippen molar-refractivity contribution in [3.05, 3.63) is 58.0 Å². The number of thiophene rings is 1. The van der Waals surface area contributed by atoms with Crippen molar-refractivity contribution in [2.45, 2.75) is 0 Å². The molecule has 0 unspecified atom stereocenters. The summed E-state index contributed by atoms with van der Waals surface area (Å²) in [6.07, 6.45) is 3.45. The fourth-order valence-corrected chi connectivity index (χ4v) is 2.79. The summed E-state index contributed by atoms with van der Waals surface area (Å²) in [5, 5.41) is 9.30. The van der Waals surface area contributed by atoms with E-state index in [1.807, 2.05) is 0 Å². The molecule has 5 nitrogen and oxygen atoms in total. The van der Waals surface area contributed by atoms with Crippen molar-refractivity contribution in [2.75, 3.05) is 11.1 Å². The monoisotopic (exact) mass is 318 g/mol. The number of aromatic nitrogens is 2. The number of amides is 1. The lowest BCUT2D eigenvalue weighted by atomic mass is 10.2. The molecule has 0 saturated heterocycles. The molecule has 2 aromatic heterocycles. The van der Waals surface area contributed by atoms with Crippen LogP contribution in [0.4, 0.5) is 11.4 Å². The fourth-order valence-electron chi connectivity index (χ4n) is 1.90. The number of benzene rings is 1. The summed E-state index contributed by atoms with van der Waals surface area (Å²) in [5.74, 6) is -0.266. The van der Waals surface area contributed by atoms with Crippen LogP contribution in [0.3, 0.4) is 0 Å². The normalized spacial score (nSPS) is 10.5. The van der Waals surface area contributed by atoms with Gasteiger partial charge in [0.05, 0.1) is 17.1 Å². The van der Waals surface area contributed by atoms with Gasteiger partial charge in [-0.3, -0.25) is 4.79 Å². The van der Waals surface area contributed by atoms with Gasteiger partial charge in [0.2, 0.25) is 0 Å². The number of nitrogens with zero attached hydrogens (tertiary/aromatic N) is 2. The van der Waals surface area contributed by atoms with Gasteiger partial charge in [-0.1, -0.05) is 11.6 Å². The number of nitrogens with one attached hydrogen (secondary N) is 1. The van der Waals surface area contributed by atoms with E-state index in [1.165, 1.54) is 11.3 Å². The lowest BCUT2D eigenvalue weighted by Gasteiger charge is -2.11. The second-order valence-corrected chi connectivity index (χ2v) is 5.62. The fraction of sp³-hybridized carbons (Fsp3) is 0. The predicted octanol–water partition coefficient (Wildman–Crippen LogP) is 3.42. The maximum Gasteiger partial charge on any atom is 0.267 e. The van der Waals surface area contributed by atoms with E-state index in [9.17, 15) is 4.79 Å². The van der Waals surface area contributed by atoms with Crippen LogP contribution in [0.25, 0.3) is 5.69 Å². The van der Waals surface area contributed by atoms with Gasteiger partial charge in [-0.25, -0.2) is 4.68 Å². The summed E-state index contributed by atoms with van der Waals surface area (Å²) in [6.45, 7) is 0. The molecule has 3 aromatic rings. The predicted molar refractivity (Wildman–Crippen MR) is 85.3 cm³/mol. The summed E-state index contributed by atoms with van der Waals surface area (Å²) in [6, 6.07) is 8.72. The Hall–Kier alpha value is -2.31. The number of hydrogen-bond donors (Lipinski definition) is 2. The third-order valence-corrected chi connectivity index (χ3v) is 4.02. The minimum atomic E-state index is -0.266. The Labute approximate surface area is 130 Å². The Kier molecular flexibility index (Phi) is 3.64. The topological polar surface area (TPSA) is 72.9 Å². The molecule has 1 aromatic carbocycles. The number of rotatable bonds is 3. The van der Waals surface area contributed by atoms with Crippen molar-refractivity contribution in [3.8, 4) is 5.69 Å². The molecule has 0 bridgehead atoms. The van der Waals surface area contributed by atoms with E-state index in [1.54, 1.807) is 52.8 Å². The molecule has 1 amide bonds. The largest absolute Gasteiger partial charge is 0.397 e. The molecule has 0 aliphatic heterocycles. The highest BCUT2D eigenvalue weighted by atomic mass is 35.5. The van der Waals surface area contributed by atoms with Crippen LogP contribution in [0.15, 0.2) is 48.1 Å². The highest BCUT2D eigenvalue weighted by Crippen LogP contribution is 2.26. The number of anilines is 2. The third-order valence-electron chi connectivity index (χ3n) is 2.86. The van der Waals surface area contributed by atoms with Gasteiger partial charge in [0.15, 0.2) is 0 Å². The Morgan fingerprint density at radius 1 is 1.38 bits per heavy atom. The minimum absolute atomic E-state index is 0.266. The summed E-state index contributed by atoms with van der Waals surface area (Å²) in [7, 11) is 0. The molecule has 21 heavy (non-hydrogen) atoms. The van der Waals surface area contributed by atoms with Gasteiger partial charge >= 0.3 is 0 Å². The Balaban J connectivity index is 1.97. The van der Waals surface area contributed by atoms with Crippen LogP contribution in [0, 0.1) is 0 Å². The Morgan fingerprint density at radius 3 is 2.90 bits per heavy atom. The van der Waals surface area contributed by atoms with Gasteiger partial charge in [-0.15, -0.1) is 11.3 Å². The smallest absolute Gasteiger partial charge is 0.267 e. The standard InChI is InChI=1S/C14H11ClN4OS/c15-9-2-3-12(19-6-1-5-17-19)11(8-9)18-14(20)13-10(16)4-7-21-13/h1-8H,16H2,(H,18,20). The summed E-state index contributed by atoms with van der Waals surface area (Å²) < 4.78 is 1.66. The number of nitrogen functional groups attached to an aromatic ring is 1. The number of nitrogens with two attached hydrogens (primary N) is 1. The maximum absolute atomic E-state index is 12.3. The van der Waals surface area contributed by atoms with Crippen molar-refractivity contribution in [3.63, 3.8) is 0 Å². The van der Waals surface area contributed by atoms with Gasteiger partial charge in [0.1, 0.15) is 4.88 Å². The maximum atomic E-state index is 12.3. The van der Waals surface area contributed by atoms with Crippen LogP contribution < -0.4 is 11.1 Å². The molecular formula is C14H11ClN4OS. The van der Waals surface area contributed by atoms with Crippen LogP contribution in [-0.2, 0) is 0 Å². The number of halogens is 1. The summed E-state index contributed by atoms with van der Waals surface area (Å²) in [4.78, 5) is 12.7. The zero-order valence-electron chi connectivity index (χ0n) is 10.8. The molecule has 0 spiro atoms. The van der Waals surface area contributed by atoms with Crippen LogP contribution in [0.5, 0.6) is 0 Å². The molecule has 0 radical (unpaired) electrons. The van der Waals surface area contributed by atoms with Crippen molar-refractivity contribution in [2.24, 2.45) is 0 Å². The molecule has 3 N–H and O–H groups in total. The van der Waals surface area contributed by atoms with E-state index in [4.69, 9.17) is 17.3 Å². The van der Waals surface area contributed by atoms with Crippen molar-refractivity contribution in [1.82, 2.24) is 9.78 Å². The van der Waals surface area contributed by atoms with Crippen molar-refractivity contribution >= 4 is 40.2 Å². The van der Waals surface area contributed by atoms with Crippen LogP contribution in [0.1, 0.15) is 9.67 Å². The molecule has 7 heteroatoms. The van der Waals surface area contributed by atoms with Crippen LogP contribution in [0.2, 0.25) is 5.02 Å². The summed E-state index contributed by atoms with van der Waals surface area (Å²) >= 11 is 7.31. The average Bonchev–Trinajstić information content (AvgIpc) is 3.10. The molecule has 0 atom stereocenters. The zero-order chi connectivity index (χ0) is 14.8. The molecule has 3 rings (SSSR count). The van der Waals surface area contributed by atoms with Crippen LogP contribution in [-0.4, -0.2) is 15.7 Å². The van der Waals surface area contributed by atoms with Crippen molar-refractivity contribution in [1.29, 1.82) is 0 Å². The lowest BCUT2D eigenvalue weighted by molar-refractivity contribution is 0.103. The second-order valence-electron chi connectivity index (χ2n) is 4.27. The molecule has 0 aliphatic carbocycles. The first-order valence-corrected chi connectivity index (χ1v) is 7.35. The number of carbonyl (C=O) groups excluding carboxylic acids is 1. The average molecular weight is 319 g/mol. The van der Waals surface area contributed by atoms with E-state index in [0.717, 1.165) is 5.69 Å². The highest BCUT2D eigenvalue weighted by Gasteiger charge is 2.14. The van der Waals surface area contributed by atoms with E-state index in [-0.39, 0.29) is 5.91 Å². The molecule has 0 fully saturated rings. The Bertz CT molecular complexity index is 782. The van der Waals surface area contributed by atoms with Gasteiger partial charge in [0.25, 0.3) is 5.91 Å². The van der Waals surface area contributed by atoms with Crippen LogP contribution >= 0.6 is 22.9 Å². The van der Waals surface area contributed by atoms with E-state index >= 15 is 0 Å². The number of carbonyl (C=O) groups is 1. The minimum Gasteiger partial charge on any atom is -0.397 e. The Morgan fingerprint density at radius 2 is 2.24 bits per heavy atom. The van der Waals surface area contributed by atoms with E-state index in [2.05, 4.69) is 10.4 Å². The number of hydrogen-bond acceptors (Lipinski definition) is 4. The SMILES string of the molecule is Nc1ccsc1C(=O)Nc1cc(Cl)ccc1-n1cccn1. The van der Waals surface area contributed by atoms with E-state index < -0.39 is 0 Å². The third kappa shape index (κ3) is 2.76. The molecule has 0 aliphatic rings. The quantitative estimate of drug-likeness (QED) is 0.777. The van der Waals surface area contributed by atoms with Gasteiger partial charge in [-0.2, -0.15) is 5.10 Å². The highest BCUT2D eigenvalue weighted by molar-refractivity contribution is 7.12. The molecular weight excluding hydrogens is 308 g/mol. The first-order chi connectivity index (χ1) is 10.1. The second kappa shape index (κ2) is 5.59. The molecule has 2 heterocycles. The first kappa shape index (κ1) is 13.7. The van der Waals surface area contributed by atoms with Crippen molar-refractivity contribution < 1.29 is 4.79 Å². The van der Waals surface area contributed by atoms with Gasteiger partial charge in [-0.05, 0) is 35.7 Å². The van der Waals surface area contributed by atoms with Gasteiger partial charge in [0, 0.05) is 17.4 Å². The molecule has 106 valence electrons. The summed E-state index contributed by atoms with van der Waals surface area (Å²) in [5.41, 5.74) is 7.52. The lowest BCUT2D eigenvalue weighted by Crippen LogP contribution is -2.14. The van der Waals surface area contributed by atoms with E-state index in [0.29, 0.717) is 21.3 Å².